The molecule has 4 N–H and O–H groups in total. The van der Waals surface area contributed by atoms with Crippen LogP contribution in [0.15, 0.2) is 78.4 Å². The lowest BCUT2D eigenvalue weighted by Crippen LogP contribution is -2.48. The summed E-state index contributed by atoms with van der Waals surface area (Å²) in [4.78, 5) is 26.4. The number of thiophene rings is 1. The smallest absolute Gasteiger partial charge is 0.255 e. The molecule has 11 heteroatoms. The number of amides is 1. The molecule has 8 nitrogen and oxygen atoms in total. The molecule has 1 amide bonds. The molecule has 1 fully saturated rings. The maximum Gasteiger partial charge on any atom is 0.255 e. The predicted molar refractivity (Wildman–Crippen MR) is 160 cm³/mol. The van der Waals surface area contributed by atoms with Crippen LogP contribution in [0.4, 0.5) is 14.6 Å². The van der Waals surface area contributed by atoms with Crippen molar-refractivity contribution in [2.75, 3.05) is 31.1 Å². The largest absolute Gasteiger partial charge is 0.396 e. The van der Waals surface area contributed by atoms with Crippen LogP contribution in [0.1, 0.15) is 23.4 Å². The minimum absolute atomic E-state index is 0.183. The molecule has 4 aromatic rings. The number of nitrogens with one attached hydrogen (secondary N) is 3. The molecule has 0 radical (unpaired) electrons. The standard InChI is InChI=1S/C31H30F2N6O2S/c1-18(20-4-7-25(32)26(33)12-20)38-31(41)23-3-2-10-34-29(23)35-13-22-6-9-28(42-22)21-5-8-27-24(11-21)30(37-17-36-27)39-14-19(15-39)16-40/h2-9,11-12,17-19,34-35,40H,10,13-16H2,1H3,(H,38,41). The lowest BCUT2D eigenvalue weighted by atomic mass is 10.0. The third kappa shape index (κ3) is 5.70. The number of aromatic nitrogens is 2. The van der Waals surface area contributed by atoms with Crippen molar-refractivity contribution < 1.29 is 18.7 Å². The number of dihydropyridines is 1. The van der Waals surface area contributed by atoms with E-state index in [2.05, 4.69) is 55.1 Å². The van der Waals surface area contributed by atoms with Gasteiger partial charge in [0.15, 0.2) is 11.6 Å². The minimum atomic E-state index is -0.950. The number of anilines is 1. The van der Waals surface area contributed by atoms with Gasteiger partial charge in [0.25, 0.3) is 5.91 Å². The van der Waals surface area contributed by atoms with E-state index in [4.69, 9.17) is 0 Å². The molecule has 0 spiro atoms. The average Bonchev–Trinajstić information content (AvgIpc) is 3.46. The molecule has 2 aliphatic rings. The van der Waals surface area contributed by atoms with Gasteiger partial charge in [-0.25, -0.2) is 18.7 Å². The van der Waals surface area contributed by atoms with E-state index < -0.39 is 17.7 Å². The molecule has 1 unspecified atom stereocenters. The van der Waals surface area contributed by atoms with Gasteiger partial charge in [-0.3, -0.25) is 4.79 Å². The highest BCUT2D eigenvalue weighted by Crippen LogP contribution is 2.34. The van der Waals surface area contributed by atoms with Crippen molar-refractivity contribution in [3.05, 3.63) is 100 Å². The lowest BCUT2D eigenvalue weighted by Gasteiger charge is -2.39. The number of hydrogen-bond acceptors (Lipinski definition) is 8. The number of carbonyl (C=O) groups is 1. The van der Waals surface area contributed by atoms with Gasteiger partial charge < -0.3 is 26.0 Å². The first kappa shape index (κ1) is 27.8. The molecule has 0 aliphatic carbocycles. The molecular formula is C31H30F2N6O2S. The molecule has 4 heterocycles. The topological polar surface area (TPSA) is 102 Å². The zero-order valence-electron chi connectivity index (χ0n) is 22.9. The van der Waals surface area contributed by atoms with Crippen molar-refractivity contribution in [1.29, 1.82) is 0 Å². The summed E-state index contributed by atoms with van der Waals surface area (Å²) in [6.45, 7) is 4.55. The molecule has 2 aromatic carbocycles. The first-order valence-electron chi connectivity index (χ1n) is 13.7. The van der Waals surface area contributed by atoms with Crippen LogP contribution >= 0.6 is 11.3 Å². The zero-order chi connectivity index (χ0) is 29.2. The van der Waals surface area contributed by atoms with E-state index in [-0.39, 0.29) is 18.4 Å². The first-order valence-corrected chi connectivity index (χ1v) is 14.5. The van der Waals surface area contributed by atoms with Gasteiger partial charge in [-0.05, 0) is 60.5 Å². The van der Waals surface area contributed by atoms with E-state index in [9.17, 15) is 18.7 Å². The fourth-order valence-corrected chi connectivity index (χ4v) is 6.06. The summed E-state index contributed by atoms with van der Waals surface area (Å²) in [5, 5.41) is 19.8. The van der Waals surface area contributed by atoms with Crippen molar-refractivity contribution in [2.24, 2.45) is 5.92 Å². The van der Waals surface area contributed by atoms with Crippen molar-refractivity contribution in [3.8, 4) is 10.4 Å². The number of aliphatic hydroxyl groups is 1. The highest BCUT2D eigenvalue weighted by Gasteiger charge is 2.28. The number of carbonyl (C=O) groups excluding carboxylic acids is 1. The lowest BCUT2D eigenvalue weighted by molar-refractivity contribution is -0.117. The maximum atomic E-state index is 13.7. The minimum Gasteiger partial charge on any atom is -0.396 e. The van der Waals surface area contributed by atoms with Gasteiger partial charge >= 0.3 is 0 Å². The second kappa shape index (κ2) is 11.9. The Morgan fingerprint density at radius 3 is 2.81 bits per heavy atom. The van der Waals surface area contributed by atoms with Gasteiger partial charge in [0.2, 0.25) is 0 Å². The Labute approximate surface area is 245 Å². The Balaban J connectivity index is 1.15. The number of rotatable bonds is 9. The van der Waals surface area contributed by atoms with Crippen molar-refractivity contribution in [1.82, 2.24) is 25.9 Å². The Bertz CT molecular complexity index is 1700. The third-order valence-electron chi connectivity index (χ3n) is 7.50. The fraction of sp³-hybridized carbons (Fsp3) is 0.258. The summed E-state index contributed by atoms with van der Waals surface area (Å²) < 4.78 is 27.0. The van der Waals surface area contributed by atoms with Gasteiger partial charge in [-0.1, -0.05) is 18.2 Å². The molecule has 1 saturated heterocycles. The number of hydrogen-bond donors (Lipinski definition) is 4. The Morgan fingerprint density at radius 2 is 2.00 bits per heavy atom. The van der Waals surface area contributed by atoms with E-state index in [1.165, 1.54) is 6.07 Å². The first-order chi connectivity index (χ1) is 20.4. The van der Waals surface area contributed by atoms with E-state index in [1.807, 2.05) is 12.1 Å². The van der Waals surface area contributed by atoms with E-state index in [0.29, 0.717) is 30.0 Å². The molecule has 216 valence electrons. The summed E-state index contributed by atoms with van der Waals surface area (Å²) in [6.07, 6.45) is 5.19. The normalized spacial score (nSPS) is 15.9. The van der Waals surface area contributed by atoms with Gasteiger partial charge in [-0.15, -0.1) is 11.3 Å². The molecule has 1 atom stereocenters. The average molecular weight is 589 g/mol. The molecule has 6 rings (SSSR count). The highest BCUT2D eigenvalue weighted by atomic mass is 32.1. The summed E-state index contributed by atoms with van der Waals surface area (Å²) in [7, 11) is 0. The van der Waals surface area contributed by atoms with Crippen LogP contribution in [0.25, 0.3) is 21.3 Å². The Kier molecular flexibility index (Phi) is 7.86. The predicted octanol–water partition coefficient (Wildman–Crippen LogP) is 4.40. The number of nitrogens with zero attached hydrogens (tertiary/aromatic N) is 3. The van der Waals surface area contributed by atoms with Gasteiger partial charge in [0.05, 0.1) is 23.7 Å². The van der Waals surface area contributed by atoms with Crippen LogP contribution in [0, 0.1) is 17.6 Å². The van der Waals surface area contributed by atoms with Crippen LogP contribution in [-0.4, -0.2) is 47.2 Å². The monoisotopic (exact) mass is 588 g/mol. The zero-order valence-corrected chi connectivity index (χ0v) is 23.7. The summed E-state index contributed by atoms with van der Waals surface area (Å²) in [5.41, 5.74) is 2.85. The van der Waals surface area contributed by atoms with Gasteiger partial charge in [0, 0.05) is 47.3 Å². The number of benzene rings is 2. The molecule has 42 heavy (non-hydrogen) atoms. The van der Waals surface area contributed by atoms with Crippen molar-refractivity contribution in [2.45, 2.75) is 19.5 Å². The Morgan fingerprint density at radius 1 is 1.14 bits per heavy atom. The quantitative estimate of drug-likeness (QED) is 0.230. The second-order valence-corrected chi connectivity index (χ2v) is 11.6. The highest BCUT2D eigenvalue weighted by molar-refractivity contribution is 7.15. The molecule has 0 saturated carbocycles. The number of aliphatic hydroxyl groups excluding tert-OH is 1. The van der Waals surface area contributed by atoms with E-state index in [1.54, 1.807) is 30.7 Å². The van der Waals surface area contributed by atoms with E-state index in [0.717, 1.165) is 57.3 Å². The van der Waals surface area contributed by atoms with Crippen LogP contribution in [0.2, 0.25) is 0 Å². The van der Waals surface area contributed by atoms with Crippen LogP contribution in [0.5, 0.6) is 0 Å². The third-order valence-corrected chi connectivity index (χ3v) is 8.64. The number of fused-ring (bicyclic) bond motifs is 1. The molecule has 2 aliphatic heterocycles. The van der Waals surface area contributed by atoms with Crippen LogP contribution in [-0.2, 0) is 11.3 Å². The van der Waals surface area contributed by atoms with Gasteiger partial charge in [0.1, 0.15) is 18.0 Å². The van der Waals surface area contributed by atoms with Crippen LogP contribution < -0.4 is 20.9 Å². The molecular weight excluding hydrogens is 558 g/mol. The SMILES string of the molecule is CC(NC(=O)C1=C(NCc2ccc(-c3ccc4ncnc(N5CC(CO)C5)c4c3)s2)NCC=C1)c1ccc(F)c(F)c1. The van der Waals surface area contributed by atoms with E-state index >= 15 is 0 Å². The van der Waals surface area contributed by atoms with Crippen LogP contribution in [0.3, 0.4) is 0 Å². The second-order valence-electron chi connectivity index (χ2n) is 10.4. The fourth-order valence-electron chi connectivity index (χ4n) is 5.11. The molecule has 2 aromatic heterocycles. The summed E-state index contributed by atoms with van der Waals surface area (Å²) in [6, 6.07) is 13.4. The summed E-state index contributed by atoms with van der Waals surface area (Å²) in [5.74, 6) is -0.431. The molecule has 0 bridgehead atoms. The number of halogens is 2. The Hall–Kier alpha value is -4.35. The summed E-state index contributed by atoms with van der Waals surface area (Å²) >= 11 is 1.66. The van der Waals surface area contributed by atoms with Crippen molar-refractivity contribution >= 4 is 34.0 Å². The maximum absolute atomic E-state index is 13.7. The van der Waals surface area contributed by atoms with Gasteiger partial charge in [-0.2, -0.15) is 0 Å². The van der Waals surface area contributed by atoms with Crippen molar-refractivity contribution in [3.63, 3.8) is 0 Å².